The van der Waals surface area contributed by atoms with Crippen LogP contribution in [-0.2, 0) is 17.8 Å². The predicted octanol–water partition coefficient (Wildman–Crippen LogP) is 4.40. The molecule has 1 aromatic heterocycles. The molecular formula is C18H18N2O2S. The molecule has 3 rings (SSSR count). The summed E-state index contributed by atoms with van der Waals surface area (Å²) < 4.78 is 7.11. The number of para-hydroxylation sites is 1. The lowest BCUT2D eigenvalue weighted by Gasteiger charge is -2.11. The Kier molecular flexibility index (Phi) is 4.57. The fraction of sp³-hybridized carbons (Fsp3) is 0.222. The Hall–Kier alpha value is -2.40. The summed E-state index contributed by atoms with van der Waals surface area (Å²) in [7, 11) is 0. The quantitative estimate of drug-likeness (QED) is 0.756. The third-order valence-corrected chi connectivity index (χ3v) is 4.46. The van der Waals surface area contributed by atoms with E-state index in [1.807, 2.05) is 36.4 Å². The van der Waals surface area contributed by atoms with Crippen molar-refractivity contribution in [1.82, 2.24) is 4.98 Å². The molecule has 0 spiro atoms. The van der Waals surface area contributed by atoms with Crippen molar-refractivity contribution >= 4 is 33.1 Å². The number of benzene rings is 2. The smallest absolute Gasteiger partial charge is 0.221 e. The molecule has 0 aliphatic rings. The first kappa shape index (κ1) is 15.5. The molecule has 1 N–H and O–H groups in total. The second-order valence-corrected chi connectivity index (χ2v) is 6.34. The molecule has 0 bridgehead atoms. The molecule has 23 heavy (non-hydrogen) atoms. The number of hydrogen-bond donors (Lipinski definition) is 1. The van der Waals surface area contributed by atoms with Gasteiger partial charge in [0, 0.05) is 12.6 Å². The monoisotopic (exact) mass is 326 g/mol. The lowest BCUT2D eigenvalue weighted by Crippen LogP contribution is -2.06. The number of carbonyl (C=O) groups excluding carboxylic acids is 1. The topological polar surface area (TPSA) is 51.2 Å². The van der Waals surface area contributed by atoms with Crippen molar-refractivity contribution in [2.45, 2.75) is 26.9 Å². The van der Waals surface area contributed by atoms with Crippen molar-refractivity contribution in [2.75, 3.05) is 5.32 Å². The maximum Gasteiger partial charge on any atom is 0.221 e. The molecule has 3 aromatic rings. The van der Waals surface area contributed by atoms with Gasteiger partial charge in [-0.25, -0.2) is 4.98 Å². The molecule has 0 radical (unpaired) electrons. The van der Waals surface area contributed by atoms with Gasteiger partial charge in [0.15, 0.2) is 0 Å². The highest BCUT2D eigenvalue weighted by molar-refractivity contribution is 7.18. The highest BCUT2D eigenvalue weighted by Gasteiger charge is 2.08. The lowest BCUT2D eigenvalue weighted by molar-refractivity contribution is -0.114. The summed E-state index contributed by atoms with van der Waals surface area (Å²) in [4.78, 5) is 15.7. The predicted molar refractivity (Wildman–Crippen MR) is 94.1 cm³/mol. The second kappa shape index (κ2) is 6.79. The molecule has 5 heteroatoms. The van der Waals surface area contributed by atoms with Crippen LogP contribution in [0.25, 0.3) is 10.2 Å². The normalized spacial score (nSPS) is 10.7. The van der Waals surface area contributed by atoms with Gasteiger partial charge in [0.2, 0.25) is 5.91 Å². The van der Waals surface area contributed by atoms with Gasteiger partial charge in [-0.15, -0.1) is 11.3 Å². The molecule has 0 fully saturated rings. The maximum absolute atomic E-state index is 11.1. The number of aromatic nitrogens is 1. The molecule has 0 aliphatic carbocycles. The maximum atomic E-state index is 11.1. The molecule has 118 valence electrons. The van der Waals surface area contributed by atoms with E-state index in [-0.39, 0.29) is 5.91 Å². The van der Waals surface area contributed by atoms with Crippen molar-refractivity contribution in [2.24, 2.45) is 0 Å². The van der Waals surface area contributed by atoms with E-state index in [9.17, 15) is 4.79 Å². The number of ether oxygens (including phenoxy) is 1. The van der Waals surface area contributed by atoms with Crippen LogP contribution in [0.5, 0.6) is 5.75 Å². The molecule has 0 saturated carbocycles. The van der Waals surface area contributed by atoms with Crippen LogP contribution in [0.3, 0.4) is 0 Å². The second-order valence-electron chi connectivity index (χ2n) is 5.22. The van der Waals surface area contributed by atoms with Crippen LogP contribution in [-0.4, -0.2) is 10.9 Å². The lowest BCUT2D eigenvalue weighted by atomic mass is 10.1. The van der Waals surface area contributed by atoms with Crippen LogP contribution in [0.15, 0.2) is 42.5 Å². The zero-order valence-electron chi connectivity index (χ0n) is 13.1. The number of rotatable bonds is 5. The zero-order chi connectivity index (χ0) is 16.2. The number of nitrogens with one attached hydrogen (secondary N) is 1. The van der Waals surface area contributed by atoms with Gasteiger partial charge in [-0.05, 0) is 42.3 Å². The van der Waals surface area contributed by atoms with Gasteiger partial charge >= 0.3 is 0 Å². The van der Waals surface area contributed by atoms with Crippen LogP contribution in [0.2, 0.25) is 0 Å². The summed E-state index contributed by atoms with van der Waals surface area (Å²) in [6.07, 6.45) is 0.836. The van der Waals surface area contributed by atoms with E-state index in [4.69, 9.17) is 4.74 Å². The van der Waals surface area contributed by atoms with E-state index >= 15 is 0 Å². The Bertz CT molecular complexity index is 809. The summed E-state index contributed by atoms with van der Waals surface area (Å²) >= 11 is 1.65. The molecule has 0 unspecified atom stereocenters. The summed E-state index contributed by atoms with van der Waals surface area (Å²) in [5.74, 6) is 0.760. The van der Waals surface area contributed by atoms with Gasteiger partial charge in [0.1, 0.15) is 17.4 Å². The first-order valence-corrected chi connectivity index (χ1v) is 8.35. The van der Waals surface area contributed by atoms with Gasteiger partial charge in [-0.1, -0.05) is 19.1 Å². The van der Waals surface area contributed by atoms with E-state index < -0.39 is 0 Å². The van der Waals surface area contributed by atoms with Crippen molar-refractivity contribution in [1.29, 1.82) is 0 Å². The Morgan fingerprint density at radius 2 is 2.09 bits per heavy atom. The number of thiazole rings is 1. The minimum Gasteiger partial charge on any atom is -0.486 e. The number of aryl methyl sites for hydroxylation is 1. The van der Waals surface area contributed by atoms with Crippen molar-refractivity contribution in [3.05, 3.63) is 53.0 Å². The third-order valence-electron chi connectivity index (χ3n) is 3.45. The van der Waals surface area contributed by atoms with Crippen LogP contribution in [0, 0.1) is 0 Å². The number of amides is 1. The van der Waals surface area contributed by atoms with E-state index in [1.54, 1.807) is 11.3 Å². The first-order chi connectivity index (χ1) is 11.2. The Morgan fingerprint density at radius 1 is 1.26 bits per heavy atom. The highest BCUT2D eigenvalue weighted by atomic mass is 32.1. The molecule has 0 saturated heterocycles. The number of fused-ring (bicyclic) bond motifs is 1. The molecule has 0 aliphatic heterocycles. The summed E-state index contributed by atoms with van der Waals surface area (Å²) in [6.45, 7) is 4.02. The standard InChI is InChI=1S/C18H18N2O2S/c1-3-13-10-14(19-12(2)21)8-9-16(13)22-11-18-20-15-6-4-5-7-17(15)23-18/h4-10H,3,11H2,1-2H3,(H,19,21). The number of hydrogen-bond acceptors (Lipinski definition) is 4. The minimum absolute atomic E-state index is 0.0739. The largest absolute Gasteiger partial charge is 0.486 e. The van der Waals surface area contributed by atoms with Crippen molar-refractivity contribution in [3.8, 4) is 5.75 Å². The first-order valence-electron chi connectivity index (χ1n) is 7.53. The van der Waals surface area contributed by atoms with E-state index in [0.29, 0.717) is 6.61 Å². The number of anilines is 1. The van der Waals surface area contributed by atoms with Gasteiger partial charge in [0.25, 0.3) is 0 Å². The zero-order valence-corrected chi connectivity index (χ0v) is 13.9. The minimum atomic E-state index is -0.0739. The number of nitrogens with zero attached hydrogens (tertiary/aromatic N) is 1. The Labute approximate surface area is 139 Å². The van der Waals surface area contributed by atoms with E-state index in [0.717, 1.165) is 33.9 Å². The van der Waals surface area contributed by atoms with Crippen molar-refractivity contribution in [3.63, 3.8) is 0 Å². The van der Waals surface area contributed by atoms with Crippen molar-refractivity contribution < 1.29 is 9.53 Å². The van der Waals surface area contributed by atoms with E-state index in [1.165, 1.54) is 11.6 Å². The third kappa shape index (κ3) is 3.68. The van der Waals surface area contributed by atoms with Gasteiger partial charge < -0.3 is 10.1 Å². The molecule has 1 heterocycles. The summed E-state index contributed by atoms with van der Waals surface area (Å²) in [5.41, 5.74) is 2.87. The average Bonchev–Trinajstić information content (AvgIpc) is 2.95. The van der Waals surface area contributed by atoms with Crippen LogP contribution >= 0.6 is 11.3 Å². The fourth-order valence-corrected chi connectivity index (χ4v) is 3.28. The SMILES string of the molecule is CCc1cc(NC(C)=O)ccc1OCc1nc2ccccc2s1. The molecule has 2 aromatic carbocycles. The molecule has 0 atom stereocenters. The van der Waals surface area contributed by atoms with Gasteiger partial charge in [0.05, 0.1) is 10.2 Å². The van der Waals surface area contributed by atoms with E-state index in [2.05, 4.69) is 23.3 Å². The van der Waals surface area contributed by atoms with Crippen LogP contribution in [0.1, 0.15) is 24.4 Å². The Morgan fingerprint density at radius 3 is 2.83 bits per heavy atom. The van der Waals surface area contributed by atoms with Gasteiger partial charge in [-0.2, -0.15) is 0 Å². The molecule has 1 amide bonds. The average molecular weight is 326 g/mol. The summed E-state index contributed by atoms with van der Waals surface area (Å²) in [6, 6.07) is 13.8. The van der Waals surface area contributed by atoms with Crippen LogP contribution < -0.4 is 10.1 Å². The van der Waals surface area contributed by atoms with Crippen LogP contribution in [0.4, 0.5) is 5.69 Å². The number of carbonyl (C=O) groups is 1. The Balaban J connectivity index is 1.75. The molecule has 4 nitrogen and oxygen atoms in total. The molecular weight excluding hydrogens is 308 g/mol. The fourth-order valence-electron chi connectivity index (χ4n) is 2.40. The van der Waals surface area contributed by atoms with Gasteiger partial charge in [-0.3, -0.25) is 4.79 Å². The summed E-state index contributed by atoms with van der Waals surface area (Å²) in [5, 5.41) is 3.75. The highest BCUT2D eigenvalue weighted by Crippen LogP contribution is 2.26.